The van der Waals surface area contributed by atoms with Crippen molar-refractivity contribution in [2.45, 2.75) is 26.2 Å². The number of rotatable bonds is 4. The van der Waals surface area contributed by atoms with E-state index in [2.05, 4.69) is 0 Å². The number of carbonyl (C=O) groups excluding carboxylic acids is 1. The molecule has 2 atom stereocenters. The average Bonchev–Trinajstić information content (AvgIpc) is 3.19. The molecule has 24 heavy (non-hydrogen) atoms. The monoisotopic (exact) mass is 327 g/mol. The number of nitrogens with zero attached hydrogens (tertiary/aromatic N) is 1. The van der Waals surface area contributed by atoms with Crippen LogP contribution in [0.3, 0.4) is 0 Å². The Kier molecular flexibility index (Phi) is 4.42. The van der Waals surface area contributed by atoms with Crippen LogP contribution in [0.2, 0.25) is 0 Å². The van der Waals surface area contributed by atoms with Crippen LogP contribution in [0, 0.1) is 12.8 Å². The quantitative estimate of drug-likeness (QED) is 0.937. The van der Waals surface area contributed by atoms with Gasteiger partial charge in [0.2, 0.25) is 0 Å². The van der Waals surface area contributed by atoms with Crippen LogP contribution >= 0.6 is 0 Å². The largest absolute Gasteiger partial charge is 0.481 e. The number of amides is 1. The molecule has 1 saturated heterocycles. The van der Waals surface area contributed by atoms with Gasteiger partial charge >= 0.3 is 5.97 Å². The fourth-order valence-electron chi connectivity index (χ4n) is 3.34. The molecule has 126 valence electrons. The van der Waals surface area contributed by atoms with Crippen LogP contribution in [0.1, 0.15) is 40.3 Å². The molecule has 1 aromatic heterocycles. The molecule has 1 aliphatic heterocycles. The molecule has 2 heterocycles. The van der Waals surface area contributed by atoms with Crippen molar-refractivity contribution in [1.82, 2.24) is 4.90 Å². The van der Waals surface area contributed by atoms with Crippen LogP contribution in [0.25, 0.3) is 0 Å². The van der Waals surface area contributed by atoms with Gasteiger partial charge in [-0.3, -0.25) is 9.59 Å². The zero-order chi connectivity index (χ0) is 17.3. The van der Waals surface area contributed by atoms with Crippen molar-refractivity contribution in [2.75, 3.05) is 13.1 Å². The third kappa shape index (κ3) is 2.94. The highest BCUT2D eigenvalue weighted by atomic mass is 16.4. The summed E-state index contributed by atoms with van der Waals surface area (Å²) in [4.78, 5) is 26.0. The highest BCUT2D eigenvalue weighted by Crippen LogP contribution is 2.34. The molecule has 1 aliphatic rings. The first-order chi connectivity index (χ1) is 11.5. The molecule has 0 saturated carbocycles. The first-order valence-corrected chi connectivity index (χ1v) is 8.17. The zero-order valence-corrected chi connectivity index (χ0v) is 13.9. The zero-order valence-electron chi connectivity index (χ0n) is 13.9. The number of hydrogen-bond donors (Lipinski definition) is 1. The van der Waals surface area contributed by atoms with Gasteiger partial charge in [-0.25, -0.2) is 0 Å². The third-order valence-electron chi connectivity index (χ3n) is 4.66. The molecule has 1 aromatic carbocycles. The summed E-state index contributed by atoms with van der Waals surface area (Å²) in [6.45, 7) is 4.40. The molecular weight excluding hydrogens is 306 g/mol. The SMILES string of the molecule is CCc1cc(C)c(C(=O)N2C[C@@H](C(=O)O)[C@H](c3ccccc3)C2)o1. The molecule has 1 N–H and O–H groups in total. The minimum Gasteiger partial charge on any atom is -0.481 e. The molecule has 3 rings (SSSR count). The minimum absolute atomic E-state index is 0.200. The summed E-state index contributed by atoms with van der Waals surface area (Å²) in [6.07, 6.45) is 0.721. The van der Waals surface area contributed by atoms with Crippen molar-refractivity contribution in [2.24, 2.45) is 5.92 Å². The lowest BCUT2D eigenvalue weighted by Crippen LogP contribution is -2.30. The smallest absolute Gasteiger partial charge is 0.308 e. The summed E-state index contributed by atoms with van der Waals surface area (Å²) in [6, 6.07) is 11.4. The molecule has 0 unspecified atom stereocenters. The lowest BCUT2D eigenvalue weighted by molar-refractivity contribution is -0.141. The second-order valence-electron chi connectivity index (χ2n) is 6.25. The third-order valence-corrected chi connectivity index (χ3v) is 4.66. The lowest BCUT2D eigenvalue weighted by Gasteiger charge is -2.15. The predicted octanol–water partition coefficient (Wildman–Crippen LogP) is 3.09. The molecule has 1 amide bonds. The number of likely N-dealkylation sites (tertiary alicyclic amines) is 1. The van der Waals surface area contributed by atoms with E-state index in [0.717, 1.165) is 23.3 Å². The summed E-state index contributed by atoms with van der Waals surface area (Å²) in [5, 5.41) is 9.55. The van der Waals surface area contributed by atoms with Crippen molar-refractivity contribution in [3.8, 4) is 0 Å². The molecule has 2 aromatic rings. The van der Waals surface area contributed by atoms with Gasteiger partial charge in [0.05, 0.1) is 5.92 Å². The Morgan fingerprint density at radius 2 is 1.96 bits per heavy atom. The molecule has 0 aliphatic carbocycles. The first-order valence-electron chi connectivity index (χ1n) is 8.17. The van der Waals surface area contributed by atoms with Crippen LogP contribution in [0.15, 0.2) is 40.8 Å². The Labute approximate surface area is 140 Å². The summed E-state index contributed by atoms with van der Waals surface area (Å²) in [5.41, 5.74) is 1.75. The van der Waals surface area contributed by atoms with E-state index in [0.29, 0.717) is 12.3 Å². The van der Waals surface area contributed by atoms with Crippen LogP contribution in [0.4, 0.5) is 0 Å². The average molecular weight is 327 g/mol. The maximum absolute atomic E-state index is 12.8. The summed E-state index contributed by atoms with van der Waals surface area (Å²) in [5.74, 6) is -0.804. The fraction of sp³-hybridized carbons (Fsp3) is 0.368. The molecular formula is C19H21NO4. The minimum atomic E-state index is -0.871. The predicted molar refractivity (Wildman–Crippen MR) is 89.0 cm³/mol. The van der Waals surface area contributed by atoms with Crippen molar-refractivity contribution in [3.63, 3.8) is 0 Å². The highest BCUT2D eigenvalue weighted by molar-refractivity contribution is 5.93. The number of aliphatic carboxylic acids is 1. The van der Waals surface area contributed by atoms with E-state index in [1.807, 2.05) is 50.2 Å². The van der Waals surface area contributed by atoms with Gasteiger partial charge in [-0.05, 0) is 18.6 Å². The van der Waals surface area contributed by atoms with E-state index >= 15 is 0 Å². The Hall–Kier alpha value is -2.56. The van der Waals surface area contributed by atoms with Gasteiger partial charge in [0, 0.05) is 31.0 Å². The van der Waals surface area contributed by atoms with Gasteiger partial charge in [-0.2, -0.15) is 0 Å². The van der Waals surface area contributed by atoms with E-state index in [4.69, 9.17) is 4.42 Å². The molecule has 5 nitrogen and oxygen atoms in total. The van der Waals surface area contributed by atoms with Crippen molar-refractivity contribution >= 4 is 11.9 Å². The van der Waals surface area contributed by atoms with Gasteiger partial charge in [0.1, 0.15) is 5.76 Å². The number of carbonyl (C=O) groups is 2. The maximum Gasteiger partial charge on any atom is 0.308 e. The van der Waals surface area contributed by atoms with Crippen LogP contribution in [0.5, 0.6) is 0 Å². The molecule has 1 fully saturated rings. The Bertz CT molecular complexity index is 750. The van der Waals surface area contributed by atoms with E-state index in [9.17, 15) is 14.7 Å². The highest BCUT2D eigenvalue weighted by Gasteiger charge is 2.41. The Morgan fingerprint density at radius 3 is 2.54 bits per heavy atom. The van der Waals surface area contributed by atoms with Crippen molar-refractivity contribution in [3.05, 3.63) is 59.0 Å². The number of carboxylic acid groups (broad SMARTS) is 1. The molecule has 5 heteroatoms. The second kappa shape index (κ2) is 6.51. The van der Waals surface area contributed by atoms with E-state index < -0.39 is 11.9 Å². The van der Waals surface area contributed by atoms with Crippen molar-refractivity contribution < 1.29 is 19.1 Å². The molecule has 0 spiro atoms. The van der Waals surface area contributed by atoms with Gasteiger partial charge in [0.15, 0.2) is 5.76 Å². The van der Waals surface area contributed by atoms with Gasteiger partial charge in [0.25, 0.3) is 5.91 Å². The normalized spacial score (nSPS) is 20.3. The number of aryl methyl sites for hydroxylation is 2. The number of carboxylic acids is 1. The van der Waals surface area contributed by atoms with Gasteiger partial charge < -0.3 is 14.4 Å². The van der Waals surface area contributed by atoms with Crippen LogP contribution in [-0.4, -0.2) is 35.0 Å². The van der Waals surface area contributed by atoms with Crippen molar-refractivity contribution in [1.29, 1.82) is 0 Å². The number of furan rings is 1. The van der Waals surface area contributed by atoms with E-state index in [-0.39, 0.29) is 18.4 Å². The summed E-state index contributed by atoms with van der Waals surface area (Å²) < 4.78 is 5.64. The van der Waals surface area contributed by atoms with Gasteiger partial charge in [-0.1, -0.05) is 37.3 Å². The van der Waals surface area contributed by atoms with Crippen LogP contribution in [-0.2, 0) is 11.2 Å². The van der Waals surface area contributed by atoms with E-state index in [1.54, 1.807) is 4.90 Å². The number of benzene rings is 1. The lowest BCUT2D eigenvalue weighted by atomic mass is 9.89. The molecule has 0 radical (unpaired) electrons. The van der Waals surface area contributed by atoms with E-state index in [1.165, 1.54) is 0 Å². The standard InChI is InChI=1S/C19H21NO4/c1-3-14-9-12(2)17(24-14)18(21)20-10-15(16(11-20)19(22)23)13-7-5-4-6-8-13/h4-9,15-16H,3,10-11H2,1-2H3,(H,22,23)/t15-,16+/m0/s1. The summed E-state index contributed by atoms with van der Waals surface area (Å²) in [7, 11) is 0. The Morgan fingerprint density at radius 1 is 1.25 bits per heavy atom. The maximum atomic E-state index is 12.8. The first kappa shape index (κ1) is 16.3. The topological polar surface area (TPSA) is 70.8 Å². The molecule has 0 bridgehead atoms. The van der Waals surface area contributed by atoms with Crippen LogP contribution < -0.4 is 0 Å². The van der Waals surface area contributed by atoms with Gasteiger partial charge in [-0.15, -0.1) is 0 Å². The number of hydrogen-bond acceptors (Lipinski definition) is 3. The fourth-order valence-corrected chi connectivity index (χ4v) is 3.34. The second-order valence-corrected chi connectivity index (χ2v) is 6.25. The summed E-state index contributed by atoms with van der Waals surface area (Å²) >= 11 is 0. The Balaban J connectivity index is 1.86.